The van der Waals surface area contributed by atoms with Gasteiger partial charge in [0.1, 0.15) is 0 Å². The van der Waals surface area contributed by atoms with Crippen molar-refractivity contribution in [3.8, 4) is 5.75 Å². The second-order valence-electron chi connectivity index (χ2n) is 10.4. The van der Waals surface area contributed by atoms with Gasteiger partial charge in [0.15, 0.2) is 23.2 Å². The molecule has 2 nitrogen and oxygen atoms in total. The summed E-state index contributed by atoms with van der Waals surface area (Å²) >= 11 is 0. The molecule has 2 aliphatic carbocycles. The van der Waals surface area contributed by atoms with Crippen molar-refractivity contribution in [1.29, 1.82) is 0 Å². The molecule has 1 fully saturated rings. The molecule has 0 saturated heterocycles. The lowest BCUT2D eigenvalue weighted by atomic mass is 9.76. The van der Waals surface area contributed by atoms with E-state index in [1.54, 1.807) is 24.3 Å². The van der Waals surface area contributed by atoms with Gasteiger partial charge in [-0.25, -0.2) is 13.2 Å². The molecule has 0 aliphatic heterocycles. The van der Waals surface area contributed by atoms with Crippen LogP contribution in [0.5, 0.6) is 5.75 Å². The molecule has 0 spiro atoms. The summed E-state index contributed by atoms with van der Waals surface area (Å²) in [5.74, 6) is -3.06. The zero-order chi connectivity index (χ0) is 27.1. The Balaban J connectivity index is 1.31. The first kappa shape index (κ1) is 28.4. The maximum Gasteiger partial charge on any atom is 0.200 e. The van der Waals surface area contributed by atoms with Gasteiger partial charge in [-0.3, -0.25) is 0 Å². The molecule has 1 atom stereocenters. The predicted molar refractivity (Wildman–Crippen MR) is 143 cm³/mol. The van der Waals surface area contributed by atoms with Crippen molar-refractivity contribution < 1.29 is 27.0 Å². The molecule has 0 heterocycles. The molecule has 4 rings (SSSR count). The lowest BCUT2D eigenvalue weighted by Gasteiger charge is -2.29. The Morgan fingerprint density at radius 3 is 2.39 bits per heavy atom. The summed E-state index contributed by atoms with van der Waals surface area (Å²) in [5.41, 5.74) is 2.00. The maximum absolute atomic E-state index is 15.0. The summed E-state index contributed by atoms with van der Waals surface area (Å²) in [6, 6.07) is 6.56. The van der Waals surface area contributed by atoms with Gasteiger partial charge in [-0.15, -0.1) is 6.58 Å². The van der Waals surface area contributed by atoms with Crippen LogP contribution in [0.15, 0.2) is 43.0 Å². The SMILES string of the molecule is C=CCCOc1ccc(C2CCC(CCc3ccc(C4=CCC(OCC)CC4)c(F)c3F)CC2)c(F)c1F. The van der Waals surface area contributed by atoms with Crippen molar-refractivity contribution >= 4 is 5.57 Å². The largest absolute Gasteiger partial charge is 0.490 e. The third-order valence-electron chi connectivity index (χ3n) is 8.04. The van der Waals surface area contributed by atoms with Gasteiger partial charge in [-0.05, 0) is 106 Å². The molecule has 2 aliphatic rings. The highest BCUT2D eigenvalue weighted by Crippen LogP contribution is 2.40. The lowest BCUT2D eigenvalue weighted by Crippen LogP contribution is -2.16. The molecule has 1 saturated carbocycles. The molecule has 1 unspecified atom stereocenters. The fraction of sp³-hybridized carbons (Fsp3) is 0.500. The van der Waals surface area contributed by atoms with E-state index in [1.165, 1.54) is 6.07 Å². The molecule has 6 heteroatoms. The van der Waals surface area contributed by atoms with Crippen molar-refractivity contribution in [2.24, 2.45) is 5.92 Å². The van der Waals surface area contributed by atoms with Gasteiger partial charge >= 0.3 is 0 Å². The van der Waals surface area contributed by atoms with Gasteiger partial charge in [0, 0.05) is 12.2 Å². The lowest BCUT2D eigenvalue weighted by molar-refractivity contribution is 0.0579. The Hall–Kier alpha value is -2.60. The summed E-state index contributed by atoms with van der Waals surface area (Å²) in [5, 5.41) is 0. The zero-order valence-corrected chi connectivity index (χ0v) is 22.2. The van der Waals surface area contributed by atoms with Crippen LogP contribution in [0.2, 0.25) is 0 Å². The van der Waals surface area contributed by atoms with Crippen LogP contribution in [0, 0.1) is 29.2 Å². The van der Waals surface area contributed by atoms with E-state index in [4.69, 9.17) is 9.47 Å². The van der Waals surface area contributed by atoms with E-state index in [1.807, 2.05) is 13.0 Å². The first-order valence-corrected chi connectivity index (χ1v) is 13.9. The third kappa shape index (κ3) is 6.69. The van der Waals surface area contributed by atoms with Crippen molar-refractivity contribution in [2.75, 3.05) is 13.2 Å². The van der Waals surface area contributed by atoms with E-state index in [2.05, 4.69) is 6.58 Å². The monoisotopic (exact) mass is 530 g/mol. The molecule has 0 N–H and O–H groups in total. The summed E-state index contributed by atoms with van der Waals surface area (Å²) < 4.78 is 70.1. The van der Waals surface area contributed by atoms with Crippen LogP contribution in [0.4, 0.5) is 17.6 Å². The standard InChI is InChI=1S/C32H38F4O2/c1-3-5-20-38-28-19-18-27(31(35)32(28)36)22-9-6-21(7-10-22)8-11-24-14-17-26(30(34)29(24)33)23-12-15-25(16-13-23)37-4-2/h3,12,14,17-19,21-22,25H,1,4-11,13,15-16,20H2,2H3. The van der Waals surface area contributed by atoms with E-state index in [-0.39, 0.29) is 24.4 Å². The first-order chi connectivity index (χ1) is 18.4. The topological polar surface area (TPSA) is 18.5 Å². The van der Waals surface area contributed by atoms with Gasteiger partial charge in [-0.2, -0.15) is 4.39 Å². The zero-order valence-electron chi connectivity index (χ0n) is 22.2. The smallest absolute Gasteiger partial charge is 0.200 e. The van der Waals surface area contributed by atoms with Crippen LogP contribution < -0.4 is 4.74 Å². The Bertz CT molecular complexity index is 1130. The Morgan fingerprint density at radius 1 is 0.921 bits per heavy atom. The number of rotatable bonds is 11. The van der Waals surface area contributed by atoms with E-state index >= 15 is 0 Å². The molecular formula is C32H38F4O2. The van der Waals surface area contributed by atoms with Crippen LogP contribution in [0.1, 0.15) is 87.3 Å². The summed E-state index contributed by atoms with van der Waals surface area (Å²) in [6.45, 7) is 6.46. The second kappa shape index (κ2) is 13.5. The predicted octanol–water partition coefficient (Wildman–Crippen LogP) is 9.08. The maximum atomic E-state index is 15.0. The molecule has 206 valence electrons. The van der Waals surface area contributed by atoms with Crippen LogP contribution in [-0.2, 0) is 11.2 Å². The Morgan fingerprint density at radius 2 is 1.71 bits per heavy atom. The second-order valence-corrected chi connectivity index (χ2v) is 10.4. The van der Waals surface area contributed by atoms with E-state index < -0.39 is 23.3 Å². The average Bonchev–Trinajstić information content (AvgIpc) is 2.93. The van der Waals surface area contributed by atoms with Crippen molar-refractivity contribution in [3.63, 3.8) is 0 Å². The fourth-order valence-electron chi connectivity index (χ4n) is 5.82. The van der Waals surface area contributed by atoms with Crippen LogP contribution in [0.25, 0.3) is 5.57 Å². The van der Waals surface area contributed by atoms with Crippen molar-refractivity contribution in [2.45, 2.75) is 83.2 Å². The van der Waals surface area contributed by atoms with E-state index in [9.17, 15) is 17.6 Å². The average molecular weight is 531 g/mol. The molecule has 2 aromatic rings. The minimum absolute atomic E-state index is 0.0532. The number of halogens is 4. The molecule has 0 aromatic heterocycles. The summed E-state index contributed by atoms with van der Waals surface area (Å²) in [6.07, 6.45) is 10.9. The van der Waals surface area contributed by atoms with E-state index in [0.29, 0.717) is 48.5 Å². The van der Waals surface area contributed by atoms with Gasteiger partial charge in [0.05, 0.1) is 12.7 Å². The molecule has 0 amide bonds. The van der Waals surface area contributed by atoms with Crippen LogP contribution >= 0.6 is 0 Å². The number of hydrogen-bond acceptors (Lipinski definition) is 2. The Kier molecular flexibility index (Phi) is 10.1. The number of hydrogen-bond donors (Lipinski definition) is 0. The minimum Gasteiger partial charge on any atom is -0.490 e. The van der Waals surface area contributed by atoms with Gasteiger partial charge in [0.2, 0.25) is 5.82 Å². The van der Waals surface area contributed by atoms with Crippen LogP contribution in [0.3, 0.4) is 0 Å². The fourth-order valence-corrected chi connectivity index (χ4v) is 5.82. The van der Waals surface area contributed by atoms with Gasteiger partial charge < -0.3 is 9.47 Å². The summed E-state index contributed by atoms with van der Waals surface area (Å²) in [4.78, 5) is 0. The first-order valence-electron chi connectivity index (χ1n) is 13.9. The number of allylic oxidation sites excluding steroid dienone is 1. The normalized spacial score (nSPS) is 21.7. The molecule has 2 aromatic carbocycles. The highest BCUT2D eigenvalue weighted by atomic mass is 19.2. The minimum atomic E-state index is -0.937. The Labute approximate surface area is 223 Å². The molecular weight excluding hydrogens is 492 g/mol. The highest BCUT2D eigenvalue weighted by molar-refractivity contribution is 5.67. The van der Waals surface area contributed by atoms with Gasteiger partial charge in [-0.1, -0.05) is 30.4 Å². The number of aryl methyl sites for hydroxylation is 1. The number of benzene rings is 2. The van der Waals surface area contributed by atoms with Crippen molar-refractivity contribution in [3.05, 3.63) is 83.0 Å². The summed E-state index contributed by atoms with van der Waals surface area (Å²) in [7, 11) is 0. The molecule has 38 heavy (non-hydrogen) atoms. The number of ether oxygens (including phenoxy) is 2. The van der Waals surface area contributed by atoms with Gasteiger partial charge in [0.25, 0.3) is 0 Å². The van der Waals surface area contributed by atoms with Crippen LogP contribution in [-0.4, -0.2) is 19.3 Å². The molecule has 0 radical (unpaired) electrons. The third-order valence-corrected chi connectivity index (χ3v) is 8.04. The quantitative estimate of drug-likeness (QED) is 0.164. The van der Waals surface area contributed by atoms with Crippen molar-refractivity contribution in [1.82, 2.24) is 0 Å². The van der Waals surface area contributed by atoms with E-state index in [0.717, 1.165) is 50.5 Å². The highest BCUT2D eigenvalue weighted by Gasteiger charge is 2.27. The molecule has 0 bridgehead atoms.